The van der Waals surface area contributed by atoms with E-state index in [2.05, 4.69) is 31.9 Å². The molecule has 0 radical (unpaired) electrons. The Morgan fingerprint density at radius 2 is 2.10 bits per heavy atom. The summed E-state index contributed by atoms with van der Waals surface area (Å²) >= 11 is 7.04. The van der Waals surface area contributed by atoms with Crippen LogP contribution in [0.4, 0.5) is 5.95 Å². The lowest BCUT2D eigenvalue weighted by atomic mass is 10.3. The first-order chi connectivity index (χ1) is 9.75. The molecule has 102 valence electrons. The molecule has 1 N–H and O–H groups in total. The standard InChI is InChI=1S/C14H14N4S2/c1-17(9-11-7-8-20-10-11)13-15-16-14(19)18(13)12-5-3-2-4-6-12/h2-8,10H,9H2,1H3,(H,16,19). The molecule has 0 unspecified atom stereocenters. The van der Waals surface area contributed by atoms with Crippen LogP contribution >= 0.6 is 23.6 Å². The van der Waals surface area contributed by atoms with Gasteiger partial charge in [-0.3, -0.25) is 4.57 Å². The average molecular weight is 302 g/mol. The Morgan fingerprint density at radius 1 is 1.30 bits per heavy atom. The second-order valence-electron chi connectivity index (χ2n) is 4.49. The summed E-state index contributed by atoms with van der Waals surface area (Å²) in [5.74, 6) is 0.812. The third-order valence-electron chi connectivity index (χ3n) is 3.01. The molecule has 0 saturated heterocycles. The van der Waals surface area contributed by atoms with E-state index in [1.807, 2.05) is 41.9 Å². The van der Waals surface area contributed by atoms with Crippen LogP contribution in [-0.2, 0) is 6.54 Å². The van der Waals surface area contributed by atoms with Gasteiger partial charge in [0, 0.05) is 13.6 Å². The second kappa shape index (κ2) is 5.60. The summed E-state index contributed by atoms with van der Waals surface area (Å²) in [6.07, 6.45) is 0. The predicted molar refractivity (Wildman–Crippen MR) is 85.2 cm³/mol. The van der Waals surface area contributed by atoms with Gasteiger partial charge in [-0.2, -0.15) is 11.3 Å². The Balaban J connectivity index is 1.97. The number of aromatic nitrogens is 3. The first-order valence-corrected chi connectivity index (χ1v) is 7.56. The number of thiophene rings is 1. The molecule has 0 saturated carbocycles. The van der Waals surface area contributed by atoms with Crippen LogP contribution in [0.25, 0.3) is 5.69 Å². The number of benzene rings is 1. The number of anilines is 1. The van der Waals surface area contributed by atoms with Gasteiger partial charge in [-0.1, -0.05) is 18.2 Å². The molecule has 0 bridgehead atoms. The summed E-state index contributed by atoms with van der Waals surface area (Å²) < 4.78 is 2.55. The zero-order chi connectivity index (χ0) is 13.9. The van der Waals surface area contributed by atoms with Crippen LogP contribution in [0.1, 0.15) is 5.56 Å². The Morgan fingerprint density at radius 3 is 2.80 bits per heavy atom. The van der Waals surface area contributed by atoms with Crippen molar-refractivity contribution in [2.24, 2.45) is 0 Å². The number of aromatic amines is 1. The van der Waals surface area contributed by atoms with Crippen LogP contribution in [0.2, 0.25) is 0 Å². The molecule has 0 aliphatic carbocycles. The summed E-state index contributed by atoms with van der Waals surface area (Å²) in [6, 6.07) is 12.1. The van der Waals surface area contributed by atoms with Crippen molar-refractivity contribution in [1.29, 1.82) is 0 Å². The molecule has 2 heterocycles. The molecule has 0 fully saturated rings. The lowest BCUT2D eigenvalue weighted by Gasteiger charge is -2.18. The zero-order valence-electron chi connectivity index (χ0n) is 11.0. The SMILES string of the molecule is CN(Cc1ccsc1)c1n[nH]c(=S)n1-c1ccccc1. The quantitative estimate of drug-likeness (QED) is 0.748. The predicted octanol–water partition coefficient (Wildman–Crippen LogP) is 3.63. The smallest absolute Gasteiger partial charge is 0.230 e. The van der Waals surface area contributed by atoms with E-state index >= 15 is 0 Å². The number of nitrogens with one attached hydrogen (secondary N) is 1. The largest absolute Gasteiger partial charge is 0.339 e. The summed E-state index contributed by atoms with van der Waals surface area (Å²) in [5.41, 5.74) is 2.28. The fourth-order valence-electron chi connectivity index (χ4n) is 2.08. The van der Waals surface area contributed by atoms with Crippen LogP contribution in [0, 0.1) is 4.77 Å². The van der Waals surface area contributed by atoms with Crippen molar-refractivity contribution in [1.82, 2.24) is 14.8 Å². The third-order valence-corrected chi connectivity index (χ3v) is 4.02. The van der Waals surface area contributed by atoms with Gasteiger partial charge in [0.2, 0.25) is 10.7 Å². The zero-order valence-corrected chi connectivity index (χ0v) is 12.6. The summed E-state index contributed by atoms with van der Waals surface area (Å²) in [4.78, 5) is 2.08. The van der Waals surface area contributed by atoms with Crippen molar-refractivity contribution in [3.63, 3.8) is 0 Å². The normalized spacial score (nSPS) is 10.7. The minimum absolute atomic E-state index is 0.600. The lowest BCUT2D eigenvalue weighted by Crippen LogP contribution is -2.20. The van der Waals surface area contributed by atoms with Gasteiger partial charge in [-0.15, -0.1) is 5.10 Å². The van der Waals surface area contributed by atoms with Gasteiger partial charge in [0.25, 0.3) is 0 Å². The van der Waals surface area contributed by atoms with E-state index in [9.17, 15) is 0 Å². The van der Waals surface area contributed by atoms with Crippen LogP contribution in [0.3, 0.4) is 0 Å². The van der Waals surface area contributed by atoms with E-state index in [0.29, 0.717) is 4.77 Å². The molecule has 3 rings (SSSR count). The maximum Gasteiger partial charge on any atom is 0.230 e. The van der Waals surface area contributed by atoms with Crippen LogP contribution < -0.4 is 4.90 Å². The Labute approximate surface area is 126 Å². The highest BCUT2D eigenvalue weighted by Crippen LogP contribution is 2.19. The van der Waals surface area contributed by atoms with Gasteiger partial charge in [0.05, 0.1) is 5.69 Å². The van der Waals surface area contributed by atoms with Crippen molar-refractivity contribution in [3.8, 4) is 5.69 Å². The molecule has 1 aromatic carbocycles. The van der Waals surface area contributed by atoms with Crippen molar-refractivity contribution in [3.05, 3.63) is 57.5 Å². The molecule has 4 nitrogen and oxygen atoms in total. The van der Waals surface area contributed by atoms with Crippen molar-refractivity contribution < 1.29 is 0 Å². The first kappa shape index (κ1) is 13.1. The number of hydrogen-bond donors (Lipinski definition) is 1. The number of rotatable bonds is 4. The van der Waals surface area contributed by atoms with E-state index in [1.54, 1.807) is 11.3 Å². The van der Waals surface area contributed by atoms with Crippen LogP contribution in [0.5, 0.6) is 0 Å². The van der Waals surface area contributed by atoms with Gasteiger partial charge in [0.15, 0.2) is 0 Å². The topological polar surface area (TPSA) is 36.9 Å². The fraction of sp³-hybridized carbons (Fsp3) is 0.143. The molecule has 0 aliphatic heterocycles. The highest BCUT2D eigenvalue weighted by molar-refractivity contribution is 7.71. The molecule has 6 heteroatoms. The van der Waals surface area contributed by atoms with E-state index in [-0.39, 0.29) is 0 Å². The van der Waals surface area contributed by atoms with Crippen LogP contribution in [0.15, 0.2) is 47.2 Å². The minimum atomic E-state index is 0.600. The van der Waals surface area contributed by atoms with E-state index < -0.39 is 0 Å². The third kappa shape index (κ3) is 2.52. The minimum Gasteiger partial charge on any atom is -0.339 e. The Hall–Kier alpha value is -1.92. The number of para-hydroxylation sites is 1. The van der Waals surface area contributed by atoms with Gasteiger partial charge in [-0.25, -0.2) is 5.10 Å². The molecule has 0 spiro atoms. The first-order valence-electron chi connectivity index (χ1n) is 6.21. The average Bonchev–Trinajstić information content (AvgIpc) is 3.09. The van der Waals surface area contributed by atoms with E-state index in [1.165, 1.54) is 5.56 Å². The van der Waals surface area contributed by atoms with Crippen molar-refractivity contribution in [2.75, 3.05) is 11.9 Å². The van der Waals surface area contributed by atoms with E-state index in [4.69, 9.17) is 12.2 Å². The Bertz CT molecular complexity index is 728. The van der Waals surface area contributed by atoms with Crippen molar-refractivity contribution >= 4 is 29.5 Å². The molecule has 0 atom stereocenters. The molecule has 2 aromatic heterocycles. The molecule has 20 heavy (non-hydrogen) atoms. The highest BCUT2D eigenvalue weighted by atomic mass is 32.1. The van der Waals surface area contributed by atoms with Crippen molar-refractivity contribution in [2.45, 2.75) is 6.54 Å². The van der Waals surface area contributed by atoms with Crippen LogP contribution in [-0.4, -0.2) is 21.8 Å². The molecular formula is C14H14N4S2. The summed E-state index contributed by atoms with van der Waals surface area (Å²) in [6.45, 7) is 0.802. The fourth-order valence-corrected chi connectivity index (χ4v) is 2.97. The molecule has 0 amide bonds. The monoisotopic (exact) mass is 302 g/mol. The van der Waals surface area contributed by atoms with Gasteiger partial charge in [0.1, 0.15) is 0 Å². The number of H-pyrrole nitrogens is 1. The highest BCUT2D eigenvalue weighted by Gasteiger charge is 2.13. The molecule has 0 aliphatic rings. The lowest BCUT2D eigenvalue weighted by molar-refractivity contribution is 0.845. The molecule has 3 aromatic rings. The van der Waals surface area contributed by atoms with Gasteiger partial charge in [-0.05, 0) is 46.7 Å². The number of nitrogens with zero attached hydrogens (tertiary/aromatic N) is 3. The number of hydrogen-bond acceptors (Lipinski definition) is 4. The van der Waals surface area contributed by atoms with E-state index in [0.717, 1.165) is 18.2 Å². The summed E-state index contributed by atoms with van der Waals surface area (Å²) in [7, 11) is 2.02. The maximum atomic E-state index is 5.34. The molecular weight excluding hydrogens is 288 g/mol. The van der Waals surface area contributed by atoms with Gasteiger partial charge >= 0.3 is 0 Å². The van der Waals surface area contributed by atoms with Gasteiger partial charge < -0.3 is 4.90 Å². The Kier molecular flexibility index (Phi) is 3.66. The maximum absolute atomic E-state index is 5.34. The second-order valence-corrected chi connectivity index (χ2v) is 5.65. The summed E-state index contributed by atoms with van der Waals surface area (Å²) in [5, 5.41) is 11.4.